The fourth-order valence-corrected chi connectivity index (χ4v) is 2.02. The van der Waals surface area contributed by atoms with Gasteiger partial charge in [0.2, 0.25) is 0 Å². The van der Waals surface area contributed by atoms with E-state index in [1.54, 1.807) is 18.2 Å². The topological polar surface area (TPSA) is 21.3 Å². The minimum absolute atomic E-state index is 0.0401. The lowest BCUT2D eigenvalue weighted by Gasteiger charge is -2.13. The Bertz CT molecular complexity index is 447. The molecule has 0 radical (unpaired) electrons. The highest BCUT2D eigenvalue weighted by Crippen LogP contribution is 2.26. The van der Waals surface area contributed by atoms with Crippen molar-refractivity contribution >= 4 is 11.6 Å². The van der Waals surface area contributed by atoms with Gasteiger partial charge in [-0.15, -0.1) is 0 Å². The van der Waals surface area contributed by atoms with Gasteiger partial charge in [0.15, 0.2) is 0 Å². The molecular weight excluding hydrogens is 291 g/mol. The number of nitrogens with one attached hydrogen (secondary N) is 1. The van der Waals surface area contributed by atoms with E-state index in [4.69, 9.17) is 16.3 Å². The van der Waals surface area contributed by atoms with Crippen molar-refractivity contribution in [2.24, 2.45) is 0 Å². The molecule has 20 heavy (non-hydrogen) atoms. The van der Waals surface area contributed by atoms with Crippen LogP contribution in [0, 0.1) is 0 Å². The highest BCUT2D eigenvalue weighted by Gasteiger charge is 2.26. The summed E-state index contributed by atoms with van der Waals surface area (Å²) in [5.74, 6) is 0.602. The molecule has 1 aliphatic carbocycles. The molecule has 1 aromatic carbocycles. The van der Waals surface area contributed by atoms with Gasteiger partial charge in [0.1, 0.15) is 5.75 Å². The molecule has 0 amide bonds. The van der Waals surface area contributed by atoms with Crippen molar-refractivity contribution in [3.8, 4) is 5.75 Å². The Morgan fingerprint density at radius 3 is 2.70 bits per heavy atom. The van der Waals surface area contributed by atoms with Crippen molar-refractivity contribution < 1.29 is 17.9 Å². The molecule has 112 valence electrons. The molecule has 2 rings (SSSR count). The van der Waals surface area contributed by atoms with E-state index >= 15 is 0 Å². The van der Waals surface area contributed by atoms with Crippen molar-refractivity contribution in [1.82, 2.24) is 5.32 Å². The maximum Gasteiger partial charge on any atom is 0.389 e. The molecule has 0 bridgehead atoms. The van der Waals surface area contributed by atoms with E-state index in [9.17, 15) is 13.2 Å². The van der Waals surface area contributed by atoms with Crippen molar-refractivity contribution in [3.05, 3.63) is 28.8 Å². The van der Waals surface area contributed by atoms with Crippen LogP contribution in [0.3, 0.4) is 0 Å². The predicted octanol–water partition coefficient (Wildman–Crippen LogP) is 4.31. The Labute approximate surface area is 121 Å². The molecule has 0 aromatic heterocycles. The maximum atomic E-state index is 12.0. The highest BCUT2D eigenvalue weighted by atomic mass is 35.5. The largest absolute Gasteiger partial charge is 0.493 e. The van der Waals surface area contributed by atoms with Crippen molar-refractivity contribution in [2.75, 3.05) is 6.61 Å². The minimum atomic E-state index is -4.13. The number of alkyl halides is 3. The summed E-state index contributed by atoms with van der Waals surface area (Å²) in [5, 5.41) is 3.93. The average molecular weight is 308 g/mol. The predicted molar refractivity (Wildman–Crippen MR) is 72.1 cm³/mol. The van der Waals surface area contributed by atoms with Gasteiger partial charge < -0.3 is 10.1 Å². The monoisotopic (exact) mass is 307 g/mol. The summed E-state index contributed by atoms with van der Waals surface area (Å²) >= 11 is 5.94. The van der Waals surface area contributed by atoms with Crippen LogP contribution in [0.1, 0.15) is 31.2 Å². The lowest BCUT2D eigenvalue weighted by atomic mass is 10.2. The quantitative estimate of drug-likeness (QED) is 0.758. The van der Waals surface area contributed by atoms with Crippen LogP contribution in [0.2, 0.25) is 5.02 Å². The van der Waals surface area contributed by atoms with E-state index in [1.165, 1.54) is 12.8 Å². The molecule has 0 spiro atoms. The van der Waals surface area contributed by atoms with E-state index in [1.807, 2.05) is 0 Å². The van der Waals surface area contributed by atoms with E-state index in [0.29, 0.717) is 23.4 Å². The molecule has 0 saturated heterocycles. The van der Waals surface area contributed by atoms with E-state index in [-0.39, 0.29) is 13.0 Å². The van der Waals surface area contributed by atoms with Crippen LogP contribution in [-0.4, -0.2) is 18.8 Å². The zero-order valence-corrected chi connectivity index (χ0v) is 11.7. The van der Waals surface area contributed by atoms with Crippen LogP contribution in [-0.2, 0) is 6.54 Å². The second-order valence-electron chi connectivity index (χ2n) is 4.97. The molecule has 1 aliphatic rings. The van der Waals surface area contributed by atoms with E-state index < -0.39 is 12.6 Å². The molecule has 0 unspecified atom stereocenters. The highest BCUT2D eigenvalue weighted by molar-refractivity contribution is 6.30. The number of halogens is 4. The third-order valence-electron chi connectivity index (χ3n) is 3.04. The van der Waals surface area contributed by atoms with Gasteiger partial charge in [0, 0.05) is 29.6 Å². The van der Waals surface area contributed by atoms with Gasteiger partial charge in [-0.3, -0.25) is 0 Å². The zero-order chi connectivity index (χ0) is 14.6. The number of hydrogen-bond acceptors (Lipinski definition) is 2. The van der Waals surface area contributed by atoms with Crippen LogP contribution in [0.4, 0.5) is 13.2 Å². The summed E-state index contributed by atoms with van der Waals surface area (Å²) in [6.45, 7) is 0.678. The first-order chi connectivity index (χ1) is 9.44. The summed E-state index contributed by atoms with van der Waals surface area (Å²) in [4.78, 5) is 0. The second kappa shape index (κ2) is 6.68. The Balaban J connectivity index is 1.85. The van der Waals surface area contributed by atoms with Gasteiger partial charge in [0.25, 0.3) is 0 Å². The standard InChI is InChI=1S/C14H17ClF3NO/c15-11-2-5-13(20-7-1-6-14(16,17)18)10(8-11)9-19-12-3-4-12/h2,5,8,12,19H,1,3-4,6-7,9H2. The normalized spacial score (nSPS) is 15.4. The Hall–Kier alpha value is -0.940. The van der Waals surface area contributed by atoms with Crippen molar-refractivity contribution in [3.63, 3.8) is 0 Å². The summed E-state index contributed by atoms with van der Waals surface area (Å²) in [6, 6.07) is 5.73. The lowest BCUT2D eigenvalue weighted by Crippen LogP contribution is -2.16. The molecule has 1 N–H and O–H groups in total. The first-order valence-corrected chi connectivity index (χ1v) is 7.03. The average Bonchev–Trinajstić information content (AvgIpc) is 3.16. The zero-order valence-electron chi connectivity index (χ0n) is 11.0. The molecule has 2 nitrogen and oxygen atoms in total. The Kier molecular flexibility index (Phi) is 5.16. The smallest absolute Gasteiger partial charge is 0.389 e. The van der Waals surface area contributed by atoms with Crippen LogP contribution >= 0.6 is 11.6 Å². The Morgan fingerprint density at radius 2 is 2.05 bits per heavy atom. The third-order valence-corrected chi connectivity index (χ3v) is 3.28. The second-order valence-corrected chi connectivity index (χ2v) is 5.41. The molecule has 1 fully saturated rings. The van der Waals surface area contributed by atoms with Gasteiger partial charge in [-0.1, -0.05) is 11.6 Å². The number of hydrogen-bond donors (Lipinski definition) is 1. The summed E-state index contributed by atoms with van der Waals surface area (Å²) in [6.07, 6.45) is -2.65. The van der Waals surface area contributed by atoms with Crippen molar-refractivity contribution in [1.29, 1.82) is 0 Å². The first-order valence-electron chi connectivity index (χ1n) is 6.65. The number of rotatable bonds is 7. The van der Waals surface area contributed by atoms with Gasteiger partial charge in [-0.2, -0.15) is 13.2 Å². The molecule has 0 heterocycles. The molecule has 0 atom stereocenters. The van der Waals surface area contributed by atoms with E-state index in [2.05, 4.69) is 5.32 Å². The fourth-order valence-electron chi connectivity index (χ4n) is 1.82. The van der Waals surface area contributed by atoms with Crippen LogP contribution in [0.25, 0.3) is 0 Å². The number of benzene rings is 1. The first kappa shape index (κ1) is 15.4. The Morgan fingerprint density at radius 1 is 1.30 bits per heavy atom. The summed E-state index contributed by atoms with van der Waals surface area (Å²) in [7, 11) is 0. The SMILES string of the molecule is FC(F)(F)CCCOc1ccc(Cl)cc1CNC1CC1. The maximum absolute atomic E-state index is 12.0. The van der Waals surface area contributed by atoms with Gasteiger partial charge >= 0.3 is 6.18 Å². The molecule has 1 saturated carbocycles. The molecular formula is C14H17ClF3NO. The van der Waals surface area contributed by atoms with Crippen molar-refractivity contribution in [2.45, 2.75) is 44.4 Å². The number of ether oxygens (including phenoxy) is 1. The van der Waals surface area contributed by atoms with Crippen LogP contribution < -0.4 is 10.1 Å². The summed E-state index contributed by atoms with van der Waals surface area (Å²) in [5.41, 5.74) is 0.886. The van der Waals surface area contributed by atoms with Crippen LogP contribution in [0.5, 0.6) is 5.75 Å². The minimum Gasteiger partial charge on any atom is -0.493 e. The van der Waals surface area contributed by atoms with Gasteiger partial charge in [0.05, 0.1) is 6.61 Å². The van der Waals surface area contributed by atoms with E-state index in [0.717, 1.165) is 5.56 Å². The molecule has 1 aromatic rings. The van der Waals surface area contributed by atoms with Gasteiger partial charge in [-0.25, -0.2) is 0 Å². The van der Waals surface area contributed by atoms with Gasteiger partial charge in [-0.05, 0) is 37.5 Å². The molecule has 6 heteroatoms. The molecule has 0 aliphatic heterocycles. The third kappa shape index (κ3) is 5.59. The van der Waals surface area contributed by atoms with Crippen LogP contribution in [0.15, 0.2) is 18.2 Å². The summed E-state index contributed by atoms with van der Waals surface area (Å²) < 4.78 is 41.6. The fraction of sp³-hybridized carbons (Fsp3) is 0.571. The lowest BCUT2D eigenvalue weighted by molar-refractivity contribution is -0.136.